The second-order valence-corrected chi connectivity index (χ2v) is 4.37. The van der Waals surface area contributed by atoms with Gasteiger partial charge in [-0.05, 0) is 47.9 Å². The van der Waals surface area contributed by atoms with Crippen LogP contribution < -0.4 is 4.74 Å². The van der Waals surface area contributed by atoms with Crippen LogP contribution in [0.4, 0.5) is 0 Å². The van der Waals surface area contributed by atoms with E-state index in [-0.39, 0.29) is 0 Å². The van der Waals surface area contributed by atoms with Gasteiger partial charge in [0.05, 0.1) is 0 Å². The molecule has 2 rings (SSSR count). The number of ether oxygens (including phenoxy) is 1. The fourth-order valence-corrected chi connectivity index (χ4v) is 1.79. The van der Waals surface area contributed by atoms with Gasteiger partial charge in [-0.1, -0.05) is 30.3 Å². The summed E-state index contributed by atoms with van der Waals surface area (Å²) in [6.07, 6.45) is 0. The Labute approximate surface area is 111 Å². The van der Waals surface area contributed by atoms with Gasteiger partial charge in [0.2, 0.25) is 0 Å². The lowest BCUT2D eigenvalue weighted by molar-refractivity contribution is 0.108. The van der Waals surface area contributed by atoms with E-state index in [1.807, 2.05) is 37.3 Å². The van der Waals surface area contributed by atoms with E-state index in [0.717, 1.165) is 16.9 Å². The molecule has 0 amide bonds. The van der Waals surface area contributed by atoms with Gasteiger partial charge in [0.1, 0.15) is 12.4 Å². The van der Waals surface area contributed by atoms with Crippen LogP contribution in [0.15, 0.2) is 48.5 Å². The molecule has 0 saturated heterocycles. The molecule has 0 aliphatic carbocycles. The lowest BCUT2D eigenvalue weighted by Crippen LogP contribution is -1.98. The number of carbonyl (C=O) groups is 1. The van der Waals surface area contributed by atoms with E-state index in [1.165, 1.54) is 0 Å². The molecule has 0 radical (unpaired) electrons. The molecule has 0 fully saturated rings. The number of carbonyl (C=O) groups excluding carboxylic acids is 1. The highest BCUT2D eigenvalue weighted by Crippen LogP contribution is 2.21. The molecule has 0 aliphatic rings. The number of benzene rings is 2. The molecule has 2 aromatic carbocycles. The molecule has 3 heteroatoms. The van der Waals surface area contributed by atoms with E-state index in [1.54, 1.807) is 18.2 Å². The first-order valence-electron chi connectivity index (χ1n) is 5.64. The predicted octanol–water partition coefficient (Wildman–Crippen LogP) is 3.95. The first kappa shape index (κ1) is 12.7. The zero-order valence-corrected chi connectivity index (χ0v) is 10.8. The van der Waals surface area contributed by atoms with Gasteiger partial charge in [0.25, 0.3) is 5.24 Å². The summed E-state index contributed by atoms with van der Waals surface area (Å²) in [6, 6.07) is 15.1. The number of aryl methyl sites for hydroxylation is 1. The normalized spacial score (nSPS) is 10.1. The molecule has 0 N–H and O–H groups in total. The number of hydrogen-bond donors (Lipinski definition) is 0. The molecule has 0 aromatic heterocycles. The van der Waals surface area contributed by atoms with Crippen LogP contribution in [-0.2, 0) is 6.61 Å². The summed E-state index contributed by atoms with van der Waals surface area (Å²) < 4.78 is 5.70. The molecular weight excluding hydrogens is 248 g/mol. The van der Waals surface area contributed by atoms with Gasteiger partial charge < -0.3 is 4.74 Å². The predicted molar refractivity (Wildman–Crippen MR) is 72.1 cm³/mol. The van der Waals surface area contributed by atoms with Gasteiger partial charge in [-0.3, -0.25) is 4.79 Å². The van der Waals surface area contributed by atoms with Crippen LogP contribution in [0.5, 0.6) is 5.75 Å². The quantitative estimate of drug-likeness (QED) is 0.778. The van der Waals surface area contributed by atoms with Gasteiger partial charge in [-0.15, -0.1) is 0 Å². The van der Waals surface area contributed by atoms with Gasteiger partial charge in [0, 0.05) is 5.56 Å². The summed E-state index contributed by atoms with van der Waals surface area (Å²) >= 11 is 5.42. The Hall–Kier alpha value is -1.80. The minimum absolute atomic E-state index is 0.451. The van der Waals surface area contributed by atoms with E-state index in [0.29, 0.717) is 12.2 Å². The number of halogens is 1. The van der Waals surface area contributed by atoms with Crippen molar-refractivity contribution in [1.29, 1.82) is 0 Å². The largest absolute Gasteiger partial charge is 0.489 e. The maximum Gasteiger partial charge on any atom is 0.252 e. The SMILES string of the molecule is Cc1cc(C(=O)Cl)ccc1OCc1ccccc1. The smallest absolute Gasteiger partial charge is 0.252 e. The Balaban J connectivity index is 2.08. The van der Waals surface area contributed by atoms with Crippen molar-refractivity contribution >= 4 is 16.8 Å². The van der Waals surface area contributed by atoms with Crippen LogP contribution in [0.2, 0.25) is 0 Å². The van der Waals surface area contributed by atoms with Crippen molar-refractivity contribution in [2.75, 3.05) is 0 Å². The summed E-state index contributed by atoms with van der Waals surface area (Å²) in [7, 11) is 0. The molecule has 0 heterocycles. The standard InChI is InChI=1S/C15H13ClO2/c1-11-9-13(15(16)17)7-8-14(11)18-10-12-5-3-2-4-6-12/h2-9H,10H2,1H3. The third-order valence-electron chi connectivity index (χ3n) is 2.64. The maximum absolute atomic E-state index is 11.0. The molecule has 0 unspecified atom stereocenters. The highest BCUT2D eigenvalue weighted by Gasteiger charge is 2.05. The molecule has 2 aromatic rings. The second kappa shape index (κ2) is 5.69. The zero-order chi connectivity index (χ0) is 13.0. The first-order chi connectivity index (χ1) is 8.66. The van der Waals surface area contributed by atoms with Crippen LogP contribution in [0, 0.1) is 6.92 Å². The summed E-state index contributed by atoms with van der Waals surface area (Å²) in [5, 5.41) is -0.451. The molecule has 2 nitrogen and oxygen atoms in total. The van der Waals surface area contributed by atoms with Crippen molar-refractivity contribution in [3.63, 3.8) is 0 Å². The van der Waals surface area contributed by atoms with E-state index in [4.69, 9.17) is 16.3 Å². The van der Waals surface area contributed by atoms with Gasteiger partial charge in [-0.2, -0.15) is 0 Å². The zero-order valence-electron chi connectivity index (χ0n) is 10.0. The van der Waals surface area contributed by atoms with Crippen molar-refractivity contribution in [2.45, 2.75) is 13.5 Å². The molecule has 0 saturated carbocycles. The number of hydrogen-bond acceptors (Lipinski definition) is 2. The van der Waals surface area contributed by atoms with Crippen molar-refractivity contribution in [3.8, 4) is 5.75 Å². The fraction of sp³-hybridized carbons (Fsp3) is 0.133. The minimum Gasteiger partial charge on any atom is -0.489 e. The maximum atomic E-state index is 11.0. The van der Waals surface area contributed by atoms with Crippen LogP contribution in [-0.4, -0.2) is 5.24 Å². The Morgan fingerprint density at radius 3 is 2.50 bits per heavy atom. The average Bonchev–Trinajstić information content (AvgIpc) is 2.38. The third kappa shape index (κ3) is 3.11. The summed E-state index contributed by atoms with van der Waals surface area (Å²) in [6.45, 7) is 2.40. The van der Waals surface area contributed by atoms with Crippen LogP contribution in [0.25, 0.3) is 0 Å². The van der Waals surface area contributed by atoms with E-state index >= 15 is 0 Å². The highest BCUT2D eigenvalue weighted by atomic mass is 35.5. The van der Waals surface area contributed by atoms with E-state index in [9.17, 15) is 4.79 Å². The average molecular weight is 261 g/mol. The van der Waals surface area contributed by atoms with Crippen LogP contribution in [0.1, 0.15) is 21.5 Å². The lowest BCUT2D eigenvalue weighted by atomic mass is 10.1. The summed E-state index contributed by atoms with van der Waals surface area (Å²) in [4.78, 5) is 11.0. The number of rotatable bonds is 4. The molecule has 0 spiro atoms. The van der Waals surface area contributed by atoms with E-state index < -0.39 is 5.24 Å². The van der Waals surface area contributed by atoms with Crippen LogP contribution >= 0.6 is 11.6 Å². The Morgan fingerprint density at radius 2 is 1.89 bits per heavy atom. The summed E-state index contributed by atoms with van der Waals surface area (Å²) in [5.74, 6) is 0.764. The molecule has 92 valence electrons. The molecular formula is C15H13ClO2. The first-order valence-corrected chi connectivity index (χ1v) is 6.02. The summed E-state index contributed by atoms with van der Waals surface area (Å²) in [5.41, 5.74) is 2.49. The fourth-order valence-electron chi connectivity index (χ4n) is 1.67. The van der Waals surface area contributed by atoms with Crippen molar-refractivity contribution in [3.05, 3.63) is 65.2 Å². The molecule has 18 heavy (non-hydrogen) atoms. The van der Waals surface area contributed by atoms with Crippen LogP contribution in [0.3, 0.4) is 0 Å². The molecule has 0 aliphatic heterocycles. The van der Waals surface area contributed by atoms with Gasteiger partial charge in [0.15, 0.2) is 0 Å². The Kier molecular flexibility index (Phi) is 4.00. The third-order valence-corrected chi connectivity index (χ3v) is 2.86. The monoisotopic (exact) mass is 260 g/mol. The van der Waals surface area contributed by atoms with Gasteiger partial charge in [-0.25, -0.2) is 0 Å². The topological polar surface area (TPSA) is 26.3 Å². The molecule has 0 bridgehead atoms. The van der Waals surface area contributed by atoms with Crippen molar-refractivity contribution in [2.24, 2.45) is 0 Å². The second-order valence-electron chi connectivity index (χ2n) is 4.03. The lowest BCUT2D eigenvalue weighted by Gasteiger charge is -2.09. The van der Waals surface area contributed by atoms with Gasteiger partial charge >= 0.3 is 0 Å². The minimum atomic E-state index is -0.451. The van der Waals surface area contributed by atoms with Crippen molar-refractivity contribution in [1.82, 2.24) is 0 Å². The highest BCUT2D eigenvalue weighted by molar-refractivity contribution is 6.67. The van der Waals surface area contributed by atoms with Crippen molar-refractivity contribution < 1.29 is 9.53 Å². The Morgan fingerprint density at radius 1 is 1.17 bits per heavy atom. The molecule has 0 atom stereocenters. The van der Waals surface area contributed by atoms with E-state index in [2.05, 4.69) is 0 Å². The Bertz CT molecular complexity index is 550.